The summed E-state index contributed by atoms with van der Waals surface area (Å²) in [6, 6.07) is 0.879. The van der Waals surface area contributed by atoms with Crippen molar-refractivity contribution in [3.05, 3.63) is 0 Å². The van der Waals surface area contributed by atoms with Gasteiger partial charge in [-0.15, -0.1) is 0 Å². The van der Waals surface area contributed by atoms with Gasteiger partial charge in [0.25, 0.3) is 0 Å². The molecule has 0 aliphatic heterocycles. The molecule has 1 N–H and O–H groups in total. The summed E-state index contributed by atoms with van der Waals surface area (Å²) in [5.41, 5.74) is 0. The molecule has 1 fully saturated rings. The van der Waals surface area contributed by atoms with Crippen LogP contribution in [0.2, 0.25) is 0 Å². The van der Waals surface area contributed by atoms with Crippen LogP contribution < -0.4 is 0 Å². The lowest BCUT2D eigenvalue weighted by molar-refractivity contribution is -0.0340. The van der Waals surface area contributed by atoms with E-state index in [1.54, 1.807) is 0 Å². The lowest BCUT2D eigenvalue weighted by atomic mass is 9.76. The minimum absolute atomic E-state index is 0.148. The van der Waals surface area contributed by atoms with E-state index in [9.17, 15) is 5.11 Å². The Morgan fingerprint density at radius 2 is 1.69 bits per heavy atom. The molecule has 0 aromatic heterocycles. The van der Waals surface area contributed by atoms with Crippen LogP contribution in [-0.4, -0.2) is 35.2 Å². The van der Waals surface area contributed by atoms with Gasteiger partial charge in [0.15, 0.2) is 0 Å². The fraction of sp³-hybridized carbons (Fsp3) is 1.00. The summed E-state index contributed by atoms with van der Waals surface area (Å²) >= 11 is 0. The SMILES string of the molecule is CC1CC(C)C(N(C)C(C)C(C)C)C(O)C1. The van der Waals surface area contributed by atoms with Crippen molar-refractivity contribution in [3.63, 3.8) is 0 Å². The lowest BCUT2D eigenvalue weighted by Crippen LogP contribution is -2.53. The standard InChI is InChI=1S/C14H29NO/c1-9(2)12(5)15(6)14-11(4)7-10(3)8-13(14)16/h9-14,16H,7-8H2,1-6H3. The molecule has 1 aliphatic rings. The van der Waals surface area contributed by atoms with Crippen LogP contribution in [0, 0.1) is 17.8 Å². The molecule has 0 aromatic carbocycles. The Hall–Kier alpha value is -0.0800. The normalized spacial score (nSPS) is 38.1. The van der Waals surface area contributed by atoms with Crippen LogP contribution in [0.15, 0.2) is 0 Å². The minimum atomic E-state index is -0.148. The molecule has 2 nitrogen and oxygen atoms in total. The smallest absolute Gasteiger partial charge is 0.0700 e. The first-order valence-corrected chi connectivity index (χ1v) is 6.74. The number of hydrogen-bond donors (Lipinski definition) is 1. The van der Waals surface area contributed by atoms with Crippen molar-refractivity contribution in [1.82, 2.24) is 4.90 Å². The van der Waals surface area contributed by atoms with Gasteiger partial charge in [-0.2, -0.15) is 0 Å². The highest BCUT2D eigenvalue weighted by atomic mass is 16.3. The van der Waals surface area contributed by atoms with Crippen LogP contribution in [-0.2, 0) is 0 Å². The van der Waals surface area contributed by atoms with Crippen molar-refractivity contribution in [2.24, 2.45) is 17.8 Å². The number of aliphatic hydroxyl groups is 1. The Morgan fingerprint density at radius 1 is 1.12 bits per heavy atom. The molecule has 5 unspecified atom stereocenters. The summed E-state index contributed by atoms with van der Waals surface area (Å²) in [5.74, 6) is 1.91. The third kappa shape index (κ3) is 2.98. The zero-order chi connectivity index (χ0) is 12.5. The summed E-state index contributed by atoms with van der Waals surface area (Å²) in [6.07, 6.45) is 2.06. The molecule has 1 rings (SSSR count). The molecule has 0 spiro atoms. The minimum Gasteiger partial charge on any atom is -0.391 e. The lowest BCUT2D eigenvalue weighted by Gasteiger charge is -2.45. The van der Waals surface area contributed by atoms with E-state index in [4.69, 9.17) is 0 Å². The van der Waals surface area contributed by atoms with E-state index in [0.29, 0.717) is 29.8 Å². The monoisotopic (exact) mass is 227 g/mol. The van der Waals surface area contributed by atoms with Gasteiger partial charge >= 0.3 is 0 Å². The molecule has 0 aromatic rings. The zero-order valence-electron chi connectivity index (χ0n) is 11.8. The van der Waals surface area contributed by atoms with E-state index in [1.165, 1.54) is 6.42 Å². The molecule has 2 heteroatoms. The van der Waals surface area contributed by atoms with Crippen LogP contribution in [0.25, 0.3) is 0 Å². The van der Waals surface area contributed by atoms with Crippen LogP contribution in [0.5, 0.6) is 0 Å². The number of rotatable bonds is 3. The predicted octanol–water partition coefficient (Wildman–Crippen LogP) is 2.76. The largest absolute Gasteiger partial charge is 0.391 e. The second-order valence-corrected chi connectivity index (χ2v) is 6.26. The van der Waals surface area contributed by atoms with Gasteiger partial charge in [0, 0.05) is 12.1 Å². The maximum atomic E-state index is 10.3. The topological polar surface area (TPSA) is 23.5 Å². The van der Waals surface area contributed by atoms with E-state index < -0.39 is 0 Å². The summed E-state index contributed by atoms with van der Waals surface area (Å²) < 4.78 is 0. The second kappa shape index (κ2) is 5.50. The fourth-order valence-corrected chi connectivity index (χ4v) is 3.22. The van der Waals surface area contributed by atoms with Crippen molar-refractivity contribution < 1.29 is 5.11 Å². The highest BCUT2D eigenvalue weighted by Gasteiger charge is 2.37. The summed E-state index contributed by atoms with van der Waals surface area (Å²) in [7, 11) is 2.17. The molecule has 0 radical (unpaired) electrons. The van der Waals surface area contributed by atoms with E-state index in [0.717, 1.165) is 6.42 Å². The number of aliphatic hydroxyl groups excluding tert-OH is 1. The summed E-state index contributed by atoms with van der Waals surface area (Å²) in [6.45, 7) is 11.3. The van der Waals surface area contributed by atoms with E-state index in [-0.39, 0.29) is 6.10 Å². The van der Waals surface area contributed by atoms with Crippen LogP contribution in [0.4, 0.5) is 0 Å². The third-order valence-corrected chi connectivity index (χ3v) is 4.47. The van der Waals surface area contributed by atoms with Gasteiger partial charge < -0.3 is 5.11 Å². The highest BCUT2D eigenvalue weighted by Crippen LogP contribution is 2.33. The van der Waals surface area contributed by atoms with E-state index in [2.05, 4.69) is 46.6 Å². The van der Waals surface area contributed by atoms with Gasteiger partial charge in [-0.25, -0.2) is 0 Å². The zero-order valence-corrected chi connectivity index (χ0v) is 11.8. The van der Waals surface area contributed by atoms with Gasteiger partial charge in [-0.05, 0) is 44.6 Å². The molecule has 0 heterocycles. The van der Waals surface area contributed by atoms with E-state index >= 15 is 0 Å². The molecule has 0 saturated heterocycles. The quantitative estimate of drug-likeness (QED) is 0.801. The summed E-state index contributed by atoms with van der Waals surface area (Å²) in [4.78, 5) is 2.39. The van der Waals surface area contributed by atoms with Crippen molar-refractivity contribution in [1.29, 1.82) is 0 Å². The van der Waals surface area contributed by atoms with Gasteiger partial charge in [0.1, 0.15) is 0 Å². The maximum Gasteiger partial charge on any atom is 0.0700 e. The van der Waals surface area contributed by atoms with Crippen molar-refractivity contribution in [2.75, 3.05) is 7.05 Å². The van der Waals surface area contributed by atoms with Crippen molar-refractivity contribution >= 4 is 0 Å². The Kier molecular flexibility index (Phi) is 4.81. The number of nitrogens with zero attached hydrogens (tertiary/aromatic N) is 1. The van der Waals surface area contributed by atoms with Crippen LogP contribution in [0.1, 0.15) is 47.5 Å². The first-order valence-electron chi connectivity index (χ1n) is 6.74. The first kappa shape index (κ1) is 14.0. The predicted molar refractivity (Wildman–Crippen MR) is 69.4 cm³/mol. The van der Waals surface area contributed by atoms with Crippen molar-refractivity contribution in [3.8, 4) is 0 Å². The van der Waals surface area contributed by atoms with Gasteiger partial charge in [0.05, 0.1) is 6.10 Å². The van der Waals surface area contributed by atoms with Crippen molar-refractivity contribution in [2.45, 2.75) is 65.6 Å². The third-order valence-electron chi connectivity index (χ3n) is 4.47. The molecular weight excluding hydrogens is 198 g/mol. The summed E-state index contributed by atoms with van der Waals surface area (Å²) in [5, 5.41) is 10.3. The highest BCUT2D eigenvalue weighted by molar-refractivity contribution is 4.90. The Balaban J connectivity index is 2.70. The van der Waals surface area contributed by atoms with Crippen LogP contribution >= 0.6 is 0 Å². The molecule has 5 atom stereocenters. The van der Waals surface area contributed by atoms with Gasteiger partial charge in [-0.3, -0.25) is 4.90 Å². The molecule has 1 saturated carbocycles. The Labute approximate surface area is 101 Å². The van der Waals surface area contributed by atoms with E-state index in [1.807, 2.05) is 0 Å². The Morgan fingerprint density at radius 3 is 2.12 bits per heavy atom. The molecule has 0 bridgehead atoms. The van der Waals surface area contributed by atoms with Gasteiger partial charge in [0.2, 0.25) is 0 Å². The average Bonchev–Trinajstić information content (AvgIpc) is 2.14. The second-order valence-electron chi connectivity index (χ2n) is 6.26. The molecule has 1 aliphatic carbocycles. The molecular formula is C14H29NO. The number of hydrogen-bond acceptors (Lipinski definition) is 2. The molecule has 16 heavy (non-hydrogen) atoms. The van der Waals surface area contributed by atoms with Gasteiger partial charge in [-0.1, -0.05) is 27.7 Å². The average molecular weight is 227 g/mol. The number of likely N-dealkylation sites (N-methyl/N-ethyl adjacent to an activating group) is 1. The maximum absolute atomic E-state index is 10.3. The fourth-order valence-electron chi connectivity index (χ4n) is 3.22. The first-order chi connectivity index (χ1) is 7.34. The Bertz CT molecular complexity index is 205. The molecule has 96 valence electrons. The van der Waals surface area contributed by atoms with Crippen LogP contribution in [0.3, 0.4) is 0 Å². The molecule has 0 amide bonds.